The first-order chi connectivity index (χ1) is 13.1. The van der Waals surface area contributed by atoms with Gasteiger partial charge in [0.05, 0.1) is 19.3 Å². The SMILES string of the molecule is [2H]C1N(c2ccccc2C)C(C)=C2C=CC(C3CCCC3)(C3CCCC3)N21. The molecule has 2 heteroatoms. The maximum Gasteiger partial charge on any atom is 0.0958 e. The Labute approximate surface area is 160 Å². The first-order valence-corrected chi connectivity index (χ1v) is 10.6. The molecule has 138 valence electrons. The molecular weight excluding hydrogens is 316 g/mol. The Balaban J connectivity index is 1.60. The third-order valence-electron chi connectivity index (χ3n) is 7.54. The van der Waals surface area contributed by atoms with Gasteiger partial charge in [0.25, 0.3) is 0 Å². The highest BCUT2D eigenvalue weighted by atomic mass is 15.4. The third kappa shape index (κ3) is 2.23. The normalized spacial score (nSPS) is 29.2. The molecule has 26 heavy (non-hydrogen) atoms. The van der Waals surface area contributed by atoms with E-state index in [1.54, 1.807) is 0 Å². The molecular formula is C24H32N2. The zero-order valence-electron chi connectivity index (χ0n) is 17.2. The molecule has 0 bridgehead atoms. The summed E-state index contributed by atoms with van der Waals surface area (Å²) in [5, 5.41) is 0. The summed E-state index contributed by atoms with van der Waals surface area (Å²) in [5.41, 5.74) is 5.08. The summed E-state index contributed by atoms with van der Waals surface area (Å²) < 4.78 is 9.34. The van der Waals surface area contributed by atoms with Crippen LogP contribution in [0.15, 0.2) is 47.8 Å². The number of nitrogens with zero attached hydrogens (tertiary/aromatic N) is 2. The fourth-order valence-electron chi connectivity index (χ4n) is 6.22. The van der Waals surface area contributed by atoms with Crippen molar-refractivity contribution in [2.24, 2.45) is 11.8 Å². The average molecular weight is 350 g/mol. The third-order valence-corrected chi connectivity index (χ3v) is 7.54. The summed E-state index contributed by atoms with van der Waals surface area (Å²) in [7, 11) is 0. The van der Waals surface area contributed by atoms with E-state index in [-0.39, 0.29) is 12.2 Å². The van der Waals surface area contributed by atoms with Crippen molar-refractivity contribution in [3.63, 3.8) is 0 Å². The van der Waals surface area contributed by atoms with Crippen LogP contribution in [-0.4, -0.2) is 17.1 Å². The number of aryl methyl sites for hydroxylation is 1. The summed E-state index contributed by atoms with van der Waals surface area (Å²) in [6.45, 7) is 4.03. The minimum atomic E-state index is -0.350. The zero-order chi connectivity index (χ0) is 18.6. The molecule has 1 atom stereocenters. The highest BCUT2D eigenvalue weighted by Crippen LogP contribution is 2.54. The molecule has 2 heterocycles. The van der Waals surface area contributed by atoms with Crippen molar-refractivity contribution < 1.29 is 1.37 Å². The van der Waals surface area contributed by atoms with E-state index >= 15 is 0 Å². The molecule has 2 aliphatic heterocycles. The van der Waals surface area contributed by atoms with Gasteiger partial charge in [0, 0.05) is 11.4 Å². The molecule has 5 rings (SSSR count). The Morgan fingerprint density at radius 2 is 1.58 bits per heavy atom. The smallest absolute Gasteiger partial charge is 0.0958 e. The van der Waals surface area contributed by atoms with Gasteiger partial charge in [-0.05, 0) is 69.1 Å². The lowest BCUT2D eigenvalue weighted by atomic mass is 9.71. The second-order valence-corrected chi connectivity index (χ2v) is 8.80. The largest absolute Gasteiger partial charge is 0.342 e. The molecule has 2 fully saturated rings. The molecule has 2 nitrogen and oxygen atoms in total. The van der Waals surface area contributed by atoms with Crippen molar-refractivity contribution >= 4 is 5.69 Å². The van der Waals surface area contributed by atoms with E-state index in [9.17, 15) is 1.37 Å². The van der Waals surface area contributed by atoms with Crippen molar-refractivity contribution in [3.8, 4) is 0 Å². The fraction of sp³-hybridized carbons (Fsp3) is 0.583. The number of rotatable bonds is 3. The highest BCUT2D eigenvalue weighted by Gasteiger charge is 2.54. The van der Waals surface area contributed by atoms with Gasteiger partial charge in [-0.1, -0.05) is 50.0 Å². The van der Waals surface area contributed by atoms with Crippen LogP contribution in [0, 0.1) is 18.8 Å². The number of anilines is 1. The van der Waals surface area contributed by atoms with Crippen LogP contribution in [0.4, 0.5) is 5.69 Å². The number of hydrogen-bond donors (Lipinski definition) is 0. The molecule has 1 unspecified atom stereocenters. The van der Waals surface area contributed by atoms with Crippen LogP contribution in [0.5, 0.6) is 0 Å². The predicted molar refractivity (Wildman–Crippen MR) is 109 cm³/mol. The van der Waals surface area contributed by atoms with Crippen molar-refractivity contribution in [2.45, 2.75) is 70.8 Å². The standard InChI is InChI=1S/C24H32N2/c1-18-9-3-8-14-22(18)25-17-26-23(19(25)2)15-16-24(26,20-10-4-5-11-20)21-12-6-7-13-21/h3,8-9,14-16,20-21H,4-7,10-13,17H2,1-2H3/i17D. The summed E-state index contributed by atoms with van der Waals surface area (Å²) in [5.74, 6) is 1.43. The van der Waals surface area contributed by atoms with Gasteiger partial charge >= 0.3 is 0 Å². The first-order valence-electron chi connectivity index (χ1n) is 11.2. The number of benzene rings is 1. The molecule has 1 aromatic rings. The molecule has 4 aliphatic rings. The Morgan fingerprint density at radius 3 is 2.19 bits per heavy atom. The second-order valence-electron chi connectivity index (χ2n) is 8.80. The molecule has 0 amide bonds. The Kier molecular flexibility index (Phi) is 3.65. The number of para-hydroxylation sites is 1. The van der Waals surface area contributed by atoms with Crippen LogP contribution in [0.1, 0.15) is 65.2 Å². The van der Waals surface area contributed by atoms with E-state index in [4.69, 9.17) is 0 Å². The lowest BCUT2D eigenvalue weighted by Gasteiger charge is -2.47. The molecule has 0 spiro atoms. The Morgan fingerprint density at radius 1 is 0.962 bits per heavy atom. The van der Waals surface area contributed by atoms with Gasteiger partial charge in [-0.25, -0.2) is 0 Å². The van der Waals surface area contributed by atoms with Gasteiger partial charge in [-0.15, -0.1) is 0 Å². The van der Waals surface area contributed by atoms with Crippen molar-refractivity contribution in [1.82, 2.24) is 4.90 Å². The van der Waals surface area contributed by atoms with Crippen LogP contribution in [0.3, 0.4) is 0 Å². The van der Waals surface area contributed by atoms with E-state index in [2.05, 4.69) is 60.1 Å². The maximum absolute atomic E-state index is 9.34. The Hall–Kier alpha value is -1.70. The van der Waals surface area contributed by atoms with Gasteiger partial charge in [-0.2, -0.15) is 0 Å². The predicted octanol–water partition coefficient (Wildman–Crippen LogP) is 6.00. The average Bonchev–Trinajstić information content (AvgIpc) is 3.43. The minimum absolute atomic E-state index is 0.0768. The zero-order valence-corrected chi connectivity index (χ0v) is 16.2. The fourth-order valence-corrected chi connectivity index (χ4v) is 6.22. The van der Waals surface area contributed by atoms with E-state index < -0.39 is 0 Å². The van der Waals surface area contributed by atoms with Gasteiger partial charge in [0.15, 0.2) is 0 Å². The topological polar surface area (TPSA) is 6.48 Å². The van der Waals surface area contributed by atoms with Crippen molar-refractivity contribution in [2.75, 3.05) is 11.5 Å². The van der Waals surface area contributed by atoms with Crippen LogP contribution in [-0.2, 0) is 0 Å². The minimum Gasteiger partial charge on any atom is -0.342 e. The lowest BCUT2D eigenvalue weighted by Crippen LogP contribution is -2.54. The molecule has 0 saturated heterocycles. The molecule has 2 aliphatic carbocycles. The molecule has 0 N–H and O–H groups in total. The number of allylic oxidation sites excluding steroid dienone is 2. The molecule has 0 radical (unpaired) electrons. The number of hydrogen-bond acceptors (Lipinski definition) is 2. The number of fused-ring (bicyclic) bond motifs is 1. The van der Waals surface area contributed by atoms with E-state index in [1.807, 2.05) is 0 Å². The highest BCUT2D eigenvalue weighted by molar-refractivity contribution is 5.61. The summed E-state index contributed by atoms with van der Waals surface area (Å²) >= 11 is 0. The van der Waals surface area contributed by atoms with Crippen LogP contribution in [0.25, 0.3) is 0 Å². The van der Waals surface area contributed by atoms with Crippen molar-refractivity contribution in [3.05, 3.63) is 53.4 Å². The quantitative estimate of drug-likeness (QED) is 0.661. The van der Waals surface area contributed by atoms with Crippen LogP contribution >= 0.6 is 0 Å². The van der Waals surface area contributed by atoms with Crippen LogP contribution < -0.4 is 4.90 Å². The lowest BCUT2D eigenvalue weighted by molar-refractivity contribution is 0.0732. The monoisotopic (exact) mass is 349 g/mol. The Bertz CT molecular complexity index is 767. The molecule has 0 aromatic heterocycles. The van der Waals surface area contributed by atoms with E-state index in [0.717, 1.165) is 0 Å². The van der Waals surface area contributed by atoms with E-state index in [0.29, 0.717) is 11.8 Å². The van der Waals surface area contributed by atoms with Gasteiger partial charge < -0.3 is 9.80 Å². The first kappa shape index (κ1) is 15.4. The van der Waals surface area contributed by atoms with E-state index in [1.165, 1.54) is 74.0 Å². The molecule has 1 aromatic carbocycles. The van der Waals surface area contributed by atoms with Gasteiger partial charge in [0.2, 0.25) is 0 Å². The summed E-state index contributed by atoms with van der Waals surface area (Å²) in [6, 6.07) is 8.55. The second kappa shape index (κ2) is 6.18. The van der Waals surface area contributed by atoms with Crippen LogP contribution in [0.2, 0.25) is 0 Å². The van der Waals surface area contributed by atoms with Crippen molar-refractivity contribution in [1.29, 1.82) is 0 Å². The summed E-state index contributed by atoms with van der Waals surface area (Å²) in [6.07, 6.45) is 15.7. The van der Waals surface area contributed by atoms with Gasteiger partial charge in [-0.3, -0.25) is 0 Å². The summed E-state index contributed by atoms with van der Waals surface area (Å²) in [4.78, 5) is 4.80. The maximum atomic E-state index is 9.34. The van der Waals surface area contributed by atoms with Gasteiger partial charge in [0.1, 0.15) is 0 Å². The molecule has 2 saturated carbocycles.